The molecular weight excluding hydrogens is 417 g/mol. The summed E-state index contributed by atoms with van der Waals surface area (Å²) in [7, 11) is 0. The highest BCUT2D eigenvalue weighted by Crippen LogP contribution is 2.51. The first-order valence-corrected chi connectivity index (χ1v) is 12.2. The molecule has 1 aromatic heterocycles. The minimum atomic E-state index is 0.163. The van der Waals surface area contributed by atoms with Gasteiger partial charge < -0.3 is 4.81 Å². The van der Waals surface area contributed by atoms with Gasteiger partial charge in [0, 0.05) is 32.3 Å². The number of hydrogen-bond donors (Lipinski definition) is 0. The zero-order chi connectivity index (χ0) is 21.5. The molecule has 152 valence electrons. The Labute approximate surface area is 196 Å². The van der Waals surface area contributed by atoms with Crippen molar-refractivity contribution in [2.75, 3.05) is 4.81 Å². The summed E-state index contributed by atoms with van der Waals surface area (Å²) in [5.41, 5.74) is 10.7. The van der Waals surface area contributed by atoms with Crippen LogP contribution >= 0.6 is 11.3 Å². The number of anilines is 2. The fourth-order valence-corrected chi connectivity index (χ4v) is 7.19. The molecule has 0 amide bonds. The first-order valence-electron chi connectivity index (χ1n) is 11.4. The van der Waals surface area contributed by atoms with E-state index in [2.05, 4.69) is 114 Å². The number of fused-ring (bicyclic) bond motifs is 15. The van der Waals surface area contributed by atoms with Crippen molar-refractivity contribution in [3.8, 4) is 22.3 Å². The summed E-state index contributed by atoms with van der Waals surface area (Å²) in [5.74, 6) is 0. The van der Waals surface area contributed by atoms with Crippen molar-refractivity contribution in [3.63, 3.8) is 0 Å². The average molecular weight is 435 g/mol. The molecule has 2 aliphatic rings. The quantitative estimate of drug-likeness (QED) is 0.233. The van der Waals surface area contributed by atoms with Gasteiger partial charge >= 0.3 is 6.85 Å². The number of nitrogens with zero attached hydrogens (tertiary/aromatic N) is 1. The van der Waals surface area contributed by atoms with Crippen molar-refractivity contribution in [2.24, 2.45) is 0 Å². The molecule has 0 saturated heterocycles. The van der Waals surface area contributed by atoms with Crippen LogP contribution in [0.5, 0.6) is 0 Å². The second-order valence-electron chi connectivity index (χ2n) is 8.90. The largest absolute Gasteiger partial charge is 0.375 e. The van der Waals surface area contributed by atoms with E-state index in [0.717, 1.165) is 0 Å². The molecule has 3 heteroatoms. The van der Waals surface area contributed by atoms with E-state index >= 15 is 0 Å². The summed E-state index contributed by atoms with van der Waals surface area (Å²) in [6.45, 7) is 0.163. The van der Waals surface area contributed by atoms with E-state index in [1.54, 1.807) is 0 Å². The highest BCUT2D eigenvalue weighted by molar-refractivity contribution is 7.26. The van der Waals surface area contributed by atoms with Crippen molar-refractivity contribution in [1.82, 2.24) is 0 Å². The lowest BCUT2D eigenvalue weighted by Gasteiger charge is -2.43. The third kappa shape index (κ3) is 2.23. The van der Waals surface area contributed by atoms with Gasteiger partial charge in [0.05, 0.1) is 10.4 Å². The molecule has 3 heterocycles. The van der Waals surface area contributed by atoms with E-state index in [1.807, 2.05) is 11.3 Å². The van der Waals surface area contributed by atoms with Gasteiger partial charge in [-0.15, -0.1) is 11.3 Å². The van der Waals surface area contributed by atoms with Crippen LogP contribution in [0.15, 0.2) is 109 Å². The van der Waals surface area contributed by atoms with Crippen LogP contribution in [-0.2, 0) is 0 Å². The topological polar surface area (TPSA) is 3.24 Å². The molecule has 8 rings (SSSR count). The molecule has 0 radical (unpaired) electrons. The first-order chi connectivity index (χ1) is 16.4. The summed E-state index contributed by atoms with van der Waals surface area (Å²) in [6, 6.07) is 40.3. The molecule has 6 aromatic rings. The second-order valence-corrected chi connectivity index (χ2v) is 9.95. The highest BCUT2D eigenvalue weighted by atomic mass is 32.1. The lowest BCUT2D eigenvalue weighted by atomic mass is 9.43. The first kappa shape index (κ1) is 17.7. The van der Waals surface area contributed by atoms with Crippen LogP contribution in [0.1, 0.15) is 0 Å². The molecule has 2 aliphatic heterocycles. The van der Waals surface area contributed by atoms with Gasteiger partial charge in [0.2, 0.25) is 0 Å². The van der Waals surface area contributed by atoms with Crippen LogP contribution < -0.4 is 15.7 Å². The van der Waals surface area contributed by atoms with E-state index < -0.39 is 0 Å². The van der Waals surface area contributed by atoms with Crippen LogP contribution in [0, 0.1) is 0 Å². The van der Waals surface area contributed by atoms with E-state index in [0.29, 0.717) is 0 Å². The normalized spacial score (nSPS) is 13.3. The number of benzene rings is 5. The maximum atomic E-state index is 2.62. The van der Waals surface area contributed by atoms with Crippen LogP contribution in [0.25, 0.3) is 42.4 Å². The standard InChI is InChI=1S/C30H18BNS/c1-5-13-25-19(9-1)21-11-3-7-15-27(21)32-29-23(20-10-2-6-14-26(20)31(25)32)17-18-24-22-12-4-8-16-28(22)33-30(24)29/h1-18H. The monoisotopic (exact) mass is 435 g/mol. The van der Waals surface area contributed by atoms with Crippen LogP contribution in [0.4, 0.5) is 11.4 Å². The smallest absolute Gasteiger partial charge is 0.329 e. The predicted molar refractivity (Wildman–Crippen MR) is 144 cm³/mol. The fraction of sp³-hybridized carbons (Fsp3) is 0. The summed E-state index contributed by atoms with van der Waals surface area (Å²) in [5, 5.41) is 2.70. The summed E-state index contributed by atoms with van der Waals surface area (Å²) < 4.78 is 2.73. The second kappa shape index (κ2) is 6.37. The molecular formula is C30H18BNS. The lowest BCUT2D eigenvalue weighted by Crippen LogP contribution is -2.59. The maximum Gasteiger partial charge on any atom is 0.329 e. The zero-order valence-electron chi connectivity index (χ0n) is 17.8. The van der Waals surface area contributed by atoms with Gasteiger partial charge in [0.15, 0.2) is 0 Å². The highest BCUT2D eigenvalue weighted by Gasteiger charge is 2.42. The molecule has 0 spiro atoms. The molecule has 33 heavy (non-hydrogen) atoms. The average Bonchev–Trinajstić information content (AvgIpc) is 3.27. The molecule has 1 nitrogen and oxygen atoms in total. The summed E-state index contributed by atoms with van der Waals surface area (Å²) in [6.07, 6.45) is 0. The molecule has 0 aliphatic carbocycles. The molecule has 0 fully saturated rings. The Morgan fingerprint density at radius 2 is 1.15 bits per heavy atom. The van der Waals surface area contributed by atoms with Gasteiger partial charge in [0.1, 0.15) is 0 Å². The Kier molecular flexibility index (Phi) is 3.42. The van der Waals surface area contributed by atoms with Crippen molar-refractivity contribution in [2.45, 2.75) is 0 Å². The van der Waals surface area contributed by atoms with Crippen molar-refractivity contribution >= 4 is 60.7 Å². The third-order valence-electron chi connectivity index (χ3n) is 7.27. The summed E-state index contributed by atoms with van der Waals surface area (Å²) in [4.78, 5) is 2.62. The molecule has 0 atom stereocenters. The van der Waals surface area contributed by atoms with Gasteiger partial charge in [0.25, 0.3) is 0 Å². The molecule has 0 N–H and O–H groups in total. The number of hydrogen-bond acceptors (Lipinski definition) is 2. The zero-order valence-corrected chi connectivity index (χ0v) is 18.6. The van der Waals surface area contributed by atoms with Crippen LogP contribution in [0.3, 0.4) is 0 Å². The molecule has 0 bridgehead atoms. The Bertz CT molecular complexity index is 1750. The van der Waals surface area contributed by atoms with E-state index in [4.69, 9.17) is 0 Å². The Balaban J connectivity index is 1.58. The van der Waals surface area contributed by atoms with Gasteiger partial charge in [-0.3, -0.25) is 0 Å². The third-order valence-corrected chi connectivity index (χ3v) is 8.47. The minimum absolute atomic E-state index is 0.163. The Hall–Kier alpha value is -3.82. The van der Waals surface area contributed by atoms with Crippen LogP contribution in [0.2, 0.25) is 0 Å². The maximum absolute atomic E-state index is 2.62. The molecule has 0 unspecified atom stereocenters. The van der Waals surface area contributed by atoms with E-state index in [9.17, 15) is 0 Å². The fourth-order valence-electron chi connectivity index (χ4n) is 5.94. The lowest BCUT2D eigenvalue weighted by molar-refractivity contribution is 1.37. The van der Waals surface area contributed by atoms with Crippen LogP contribution in [-0.4, -0.2) is 6.85 Å². The SMILES string of the molecule is c1ccc2c(c1)B1c3ccccc3-c3ccc4c(sc5ccccc54)c3N1c1ccccc1-2. The summed E-state index contributed by atoms with van der Waals surface area (Å²) >= 11 is 1.92. The minimum Gasteiger partial charge on any atom is -0.375 e. The van der Waals surface area contributed by atoms with E-state index in [-0.39, 0.29) is 6.85 Å². The Morgan fingerprint density at radius 1 is 0.515 bits per heavy atom. The van der Waals surface area contributed by atoms with Crippen molar-refractivity contribution in [3.05, 3.63) is 109 Å². The molecule has 0 saturated carbocycles. The van der Waals surface area contributed by atoms with Crippen molar-refractivity contribution < 1.29 is 0 Å². The number of thiophene rings is 1. The van der Waals surface area contributed by atoms with Gasteiger partial charge in [-0.25, -0.2) is 0 Å². The number of rotatable bonds is 0. The number of para-hydroxylation sites is 1. The van der Waals surface area contributed by atoms with E-state index in [1.165, 1.54) is 64.7 Å². The van der Waals surface area contributed by atoms with Gasteiger partial charge in [-0.05, 0) is 34.2 Å². The molecule has 5 aromatic carbocycles. The van der Waals surface area contributed by atoms with Gasteiger partial charge in [-0.2, -0.15) is 0 Å². The Morgan fingerprint density at radius 3 is 1.97 bits per heavy atom. The predicted octanol–water partition coefficient (Wildman–Crippen LogP) is 6.96. The van der Waals surface area contributed by atoms with Gasteiger partial charge in [-0.1, -0.05) is 97.1 Å². The van der Waals surface area contributed by atoms with Crippen molar-refractivity contribution in [1.29, 1.82) is 0 Å².